The molecule has 2 aromatic rings. The predicted molar refractivity (Wildman–Crippen MR) is 87.7 cm³/mol. The van der Waals surface area contributed by atoms with Crippen molar-refractivity contribution in [3.05, 3.63) is 65.7 Å². The van der Waals surface area contributed by atoms with Crippen molar-refractivity contribution in [1.29, 1.82) is 0 Å². The first kappa shape index (κ1) is 15.1. The van der Waals surface area contributed by atoms with Gasteiger partial charge in [-0.15, -0.1) is 0 Å². The minimum Gasteiger partial charge on any atom is -0.493 e. The number of ether oxygens (including phenoxy) is 1. The SMILES string of the molecule is CCCCOc1ccccc1C=NNCc1ccccc1. The average molecular weight is 282 g/mol. The van der Waals surface area contributed by atoms with Crippen LogP contribution < -0.4 is 10.2 Å². The summed E-state index contributed by atoms with van der Waals surface area (Å²) in [5.41, 5.74) is 5.26. The molecule has 0 spiro atoms. The van der Waals surface area contributed by atoms with E-state index in [4.69, 9.17) is 4.74 Å². The van der Waals surface area contributed by atoms with E-state index in [9.17, 15) is 0 Å². The molecular weight excluding hydrogens is 260 g/mol. The third-order valence-electron chi connectivity index (χ3n) is 3.10. The quantitative estimate of drug-likeness (QED) is 0.451. The van der Waals surface area contributed by atoms with Crippen molar-refractivity contribution < 1.29 is 4.74 Å². The maximum absolute atomic E-state index is 5.77. The lowest BCUT2D eigenvalue weighted by Crippen LogP contribution is -2.06. The minimum atomic E-state index is 0.718. The lowest BCUT2D eigenvalue weighted by atomic mass is 10.2. The molecule has 0 bridgehead atoms. The Hall–Kier alpha value is -2.29. The molecule has 110 valence electrons. The summed E-state index contributed by atoms with van der Waals surface area (Å²) in [4.78, 5) is 0. The molecule has 0 aliphatic heterocycles. The van der Waals surface area contributed by atoms with E-state index in [1.54, 1.807) is 0 Å². The molecule has 0 aliphatic carbocycles. The normalized spacial score (nSPS) is 10.7. The summed E-state index contributed by atoms with van der Waals surface area (Å²) in [6.45, 7) is 3.62. The predicted octanol–water partition coefficient (Wildman–Crippen LogP) is 3.99. The number of benzene rings is 2. The molecule has 0 heterocycles. The highest BCUT2D eigenvalue weighted by molar-refractivity contribution is 5.83. The van der Waals surface area contributed by atoms with Gasteiger partial charge >= 0.3 is 0 Å². The number of hydrazone groups is 1. The van der Waals surface area contributed by atoms with Crippen LogP contribution in [0.4, 0.5) is 0 Å². The van der Waals surface area contributed by atoms with Gasteiger partial charge in [0.2, 0.25) is 0 Å². The number of hydrogen-bond acceptors (Lipinski definition) is 3. The van der Waals surface area contributed by atoms with E-state index in [1.807, 2.05) is 48.7 Å². The Balaban J connectivity index is 1.88. The molecular formula is C18H22N2O. The topological polar surface area (TPSA) is 33.6 Å². The van der Waals surface area contributed by atoms with Crippen LogP contribution in [0.3, 0.4) is 0 Å². The van der Waals surface area contributed by atoms with Gasteiger partial charge in [-0.2, -0.15) is 5.10 Å². The fourth-order valence-corrected chi connectivity index (χ4v) is 1.89. The summed E-state index contributed by atoms with van der Waals surface area (Å²) in [6, 6.07) is 18.2. The zero-order chi connectivity index (χ0) is 14.8. The Bertz CT molecular complexity index is 552. The van der Waals surface area contributed by atoms with Gasteiger partial charge in [0.05, 0.1) is 19.4 Å². The fraction of sp³-hybridized carbons (Fsp3) is 0.278. The van der Waals surface area contributed by atoms with Gasteiger partial charge in [0.15, 0.2) is 0 Å². The molecule has 2 rings (SSSR count). The van der Waals surface area contributed by atoms with Crippen LogP contribution in [-0.4, -0.2) is 12.8 Å². The number of nitrogens with zero attached hydrogens (tertiary/aromatic N) is 1. The molecule has 0 aromatic heterocycles. The summed E-state index contributed by atoms with van der Waals surface area (Å²) in [6.07, 6.45) is 4.01. The van der Waals surface area contributed by atoms with Crippen LogP contribution in [0.5, 0.6) is 5.75 Å². The van der Waals surface area contributed by atoms with Gasteiger partial charge in [-0.1, -0.05) is 55.8 Å². The highest BCUT2D eigenvalue weighted by atomic mass is 16.5. The van der Waals surface area contributed by atoms with E-state index in [1.165, 1.54) is 5.56 Å². The van der Waals surface area contributed by atoms with Crippen LogP contribution >= 0.6 is 0 Å². The van der Waals surface area contributed by atoms with Crippen molar-refractivity contribution in [3.63, 3.8) is 0 Å². The number of rotatable bonds is 8. The van der Waals surface area contributed by atoms with Crippen molar-refractivity contribution in [2.75, 3.05) is 6.61 Å². The third kappa shape index (κ3) is 5.30. The lowest BCUT2D eigenvalue weighted by Gasteiger charge is -2.08. The molecule has 3 nitrogen and oxygen atoms in total. The molecule has 0 radical (unpaired) electrons. The summed E-state index contributed by atoms with van der Waals surface area (Å²) in [5, 5.41) is 4.27. The first-order valence-corrected chi connectivity index (χ1v) is 7.42. The van der Waals surface area contributed by atoms with Gasteiger partial charge in [-0.3, -0.25) is 0 Å². The number of unbranched alkanes of at least 4 members (excludes halogenated alkanes) is 1. The Morgan fingerprint density at radius 3 is 2.62 bits per heavy atom. The van der Waals surface area contributed by atoms with Crippen molar-refractivity contribution >= 4 is 6.21 Å². The number of para-hydroxylation sites is 1. The smallest absolute Gasteiger partial charge is 0.128 e. The highest BCUT2D eigenvalue weighted by Crippen LogP contribution is 2.16. The molecule has 0 saturated carbocycles. The van der Waals surface area contributed by atoms with E-state index in [0.717, 1.165) is 37.3 Å². The van der Waals surface area contributed by atoms with E-state index >= 15 is 0 Å². The Morgan fingerprint density at radius 2 is 1.81 bits per heavy atom. The first-order valence-electron chi connectivity index (χ1n) is 7.42. The third-order valence-corrected chi connectivity index (χ3v) is 3.10. The lowest BCUT2D eigenvalue weighted by molar-refractivity contribution is 0.309. The second-order valence-electron chi connectivity index (χ2n) is 4.82. The summed E-state index contributed by atoms with van der Waals surface area (Å²) in [7, 11) is 0. The van der Waals surface area contributed by atoms with Crippen molar-refractivity contribution in [3.8, 4) is 5.75 Å². The second-order valence-corrected chi connectivity index (χ2v) is 4.82. The maximum atomic E-state index is 5.77. The second kappa shape index (κ2) is 8.80. The summed E-state index contributed by atoms with van der Waals surface area (Å²) < 4.78 is 5.77. The van der Waals surface area contributed by atoms with Crippen molar-refractivity contribution in [2.45, 2.75) is 26.3 Å². The zero-order valence-electron chi connectivity index (χ0n) is 12.5. The molecule has 21 heavy (non-hydrogen) atoms. The molecule has 0 fully saturated rings. The molecule has 0 saturated heterocycles. The van der Waals surface area contributed by atoms with Crippen LogP contribution in [0, 0.1) is 0 Å². The van der Waals surface area contributed by atoms with E-state index in [0.29, 0.717) is 0 Å². The van der Waals surface area contributed by atoms with Gasteiger partial charge < -0.3 is 10.2 Å². The van der Waals surface area contributed by atoms with Gasteiger partial charge in [0.25, 0.3) is 0 Å². The molecule has 3 heteroatoms. The monoisotopic (exact) mass is 282 g/mol. The van der Waals surface area contributed by atoms with E-state index < -0.39 is 0 Å². The van der Waals surface area contributed by atoms with Gasteiger partial charge in [-0.25, -0.2) is 0 Å². The van der Waals surface area contributed by atoms with E-state index in [2.05, 4.69) is 29.6 Å². The van der Waals surface area contributed by atoms with Crippen LogP contribution in [-0.2, 0) is 6.54 Å². The van der Waals surface area contributed by atoms with Crippen LogP contribution in [0.15, 0.2) is 59.7 Å². The highest BCUT2D eigenvalue weighted by Gasteiger charge is 1.99. The Morgan fingerprint density at radius 1 is 1.05 bits per heavy atom. The van der Waals surface area contributed by atoms with Gasteiger partial charge in [-0.05, 0) is 24.1 Å². The Kier molecular flexibility index (Phi) is 6.33. The summed E-state index contributed by atoms with van der Waals surface area (Å²) >= 11 is 0. The van der Waals surface area contributed by atoms with Crippen LogP contribution in [0.1, 0.15) is 30.9 Å². The molecule has 1 N–H and O–H groups in total. The molecule has 0 aliphatic rings. The zero-order valence-corrected chi connectivity index (χ0v) is 12.5. The number of hydrogen-bond donors (Lipinski definition) is 1. The number of nitrogens with one attached hydrogen (secondary N) is 1. The van der Waals surface area contributed by atoms with Crippen molar-refractivity contribution in [2.24, 2.45) is 5.10 Å². The first-order chi connectivity index (χ1) is 10.4. The summed E-state index contributed by atoms with van der Waals surface area (Å²) in [5.74, 6) is 0.885. The molecule has 0 atom stereocenters. The van der Waals surface area contributed by atoms with Crippen molar-refractivity contribution in [1.82, 2.24) is 5.43 Å². The molecule has 2 aromatic carbocycles. The fourth-order valence-electron chi connectivity index (χ4n) is 1.89. The molecule has 0 unspecified atom stereocenters. The standard InChI is InChI=1S/C18H22N2O/c1-2-3-13-21-18-12-8-7-11-17(18)15-20-19-14-16-9-5-4-6-10-16/h4-12,15,19H,2-3,13-14H2,1H3. The van der Waals surface area contributed by atoms with Gasteiger partial charge in [0, 0.05) is 5.56 Å². The maximum Gasteiger partial charge on any atom is 0.128 e. The molecule has 0 amide bonds. The largest absolute Gasteiger partial charge is 0.493 e. The van der Waals surface area contributed by atoms with Crippen LogP contribution in [0.25, 0.3) is 0 Å². The minimum absolute atomic E-state index is 0.718. The average Bonchev–Trinajstić information content (AvgIpc) is 2.54. The van der Waals surface area contributed by atoms with Gasteiger partial charge in [0.1, 0.15) is 5.75 Å². The van der Waals surface area contributed by atoms with Crippen LogP contribution in [0.2, 0.25) is 0 Å². The van der Waals surface area contributed by atoms with E-state index in [-0.39, 0.29) is 0 Å². The Labute approximate surface area is 126 Å².